The number of carbonyl (C=O) groups excluding carboxylic acids is 1. The molecule has 0 amide bonds. The fourth-order valence-electron chi connectivity index (χ4n) is 4.14. The minimum Gasteiger partial charge on any atom is -0.461 e. The molecule has 1 fully saturated rings. The molecular weight excluding hydrogens is 436 g/mol. The van der Waals surface area contributed by atoms with E-state index < -0.39 is 10.0 Å². The van der Waals surface area contributed by atoms with Crippen LogP contribution in [-0.4, -0.2) is 25.4 Å². The fourth-order valence-corrected chi connectivity index (χ4v) is 5.97. The lowest BCUT2D eigenvalue weighted by Crippen LogP contribution is -2.36. The largest absolute Gasteiger partial charge is 0.461 e. The number of hydrogen-bond donors (Lipinski definition) is 2. The Morgan fingerprint density at radius 2 is 1.90 bits per heavy atom. The smallest absolute Gasteiger partial charge is 0.302 e. The minimum atomic E-state index is -3.77. The van der Waals surface area contributed by atoms with E-state index in [4.69, 9.17) is 16.3 Å². The number of halogens is 1. The third-order valence-corrected chi connectivity index (χ3v) is 7.67. The summed E-state index contributed by atoms with van der Waals surface area (Å²) in [6.45, 7) is 1.44. The third kappa shape index (κ3) is 4.79. The van der Waals surface area contributed by atoms with Gasteiger partial charge < -0.3 is 9.72 Å². The van der Waals surface area contributed by atoms with Crippen molar-refractivity contribution in [1.82, 2.24) is 9.71 Å². The normalized spacial score (nSPS) is 15.3. The molecule has 1 heterocycles. The van der Waals surface area contributed by atoms with Crippen LogP contribution in [0.4, 0.5) is 0 Å². The zero-order valence-corrected chi connectivity index (χ0v) is 18.9. The molecule has 1 saturated carbocycles. The van der Waals surface area contributed by atoms with E-state index >= 15 is 0 Å². The van der Waals surface area contributed by atoms with Crippen LogP contribution in [0, 0.1) is 0 Å². The second kappa shape index (κ2) is 9.02. The summed E-state index contributed by atoms with van der Waals surface area (Å²) in [6.07, 6.45) is 4.86. The first-order valence-electron chi connectivity index (χ1n) is 10.4. The molecule has 2 aromatic carbocycles. The standard InChI is InChI=1S/C23H25ClN2O4S/c1-15(27)30-14-19-18-9-5-6-10-21(18)25-23(19)16-11-12-20(24)22(13-16)31(28,29)26-17-7-3-2-4-8-17/h5-6,9-13,17,25-26H,2-4,7-8,14H2,1H3. The Morgan fingerprint density at radius 3 is 2.65 bits per heavy atom. The van der Waals surface area contributed by atoms with Gasteiger partial charge in [0.15, 0.2) is 0 Å². The van der Waals surface area contributed by atoms with Crippen LogP contribution in [0.2, 0.25) is 5.02 Å². The van der Waals surface area contributed by atoms with E-state index in [9.17, 15) is 13.2 Å². The molecule has 31 heavy (non-hydrogen) atoms. The average molecular weight is 461 g/mol. The molecule has 1 aliphatic carbocycles. The van der Waals surface area contributed by atoms with E-state index in [1.807, 2.05) is 24.3 Å². The number of nitrogens with one attached hydrogen (secondary N) is 2. The summed E-state index contributed by atoms with van der Waals surface area (Å²) in [6, 6.07) is 12.5. The van der Waals surface area contributed by atoms with Crippen LogP contribution in [0.5, 0.6) is 0 Å². The van der Waals surface area contributed by atoms with Crippen LogP contribution in [0.25, 0.3) is 22.2 Å². The lowest BCUT2D eigenvalue weighted by Gasteiger charge is -2.23. The molecule has 3 aromatic rings. The number of sulfonamides is 1. The van der Waals surface area contributed by atoms with Crippen molar-refractivity contribution in [2.75, 3.05) is 0 Å². The minimum absolute atomic E-state index is 0.0503. The number of esters is 1. The van der Waals surface area contributed by atoms with Crippen molar-refractivity contribution >= 4 is 38.5 Å². The van der Waals surface area contributed by atoms with Crippen molar-refractivity contribution in [1.29, 1.82) is 0 Å². The van der Waals surface area contributed by atoms with Crippen LogP contribution in [0.15, 0.2) is 47.4 Å². The van der Waals surface area contributed by atoms with Gasteiger partial charge >= 0.3 is 5.97 Å². The Labute approximate surface area is 187 Å². The van der Waals surface area contributed by atoms with Crippen molar-refractivity contribution < 1.29 is 17.9 Å². The van der Waals surface area contributed by atoms with Gasteiger partial charge in [-0.2, -0.15) is 0 Å². The monoisotopic (exact) mass is 460 g/mol. The molecule has 0 radical (unpaired) electrons. The molecule has 1 aliphatic rings. The molecule has 0 unspecified atom stereocenters. The van der Waals surface area contributed by atoms with Gasteiger partial charge in [0, 0.05) is 29.4 Å². The van der Waals surface area contributed by atoms with Gasteiger partial charge in [0.1, 0.15) is 11.5 Å². The number of hydrogen-bond acceptors (Lipinski definition) is 4. The molecule has 4 rings (SSSR count). The Kier molecular flexibility index (Phi) is 6.36. The highest BCUT2D eigenvalue weighted by Crippen LogP contribution is 2.34. The van der Waals surface area contributed by atoms with Crippen molar-refractivity contribution in [3.63, 3.8) is 0 Å². The summed E-state index contributed by atoms with van der Waals surface area (Å²) in [5.74, 6) is -0.382. The lowest BCUT2D eigenvalue weighted by molar-refractivity contribution is -0.142. The molecular formula is C23H25ClN2O4S. The predicted molar refractivity (Wildman–Crippen MR) is 121 cm³/mol. The summed E-state index contributed by atoms with van der Waals surface area (Å²) >= 11 is 6.31. The lowest BCUT2D eigenvalue weighted by atomic mass is 9.96. The van der Waals surface area contributed by atoms with Crippen molar-refractivity contribution in [3.05, 3.63) is 53.1 Å². The fraction of sp³-hybridized carbons (Fsp3) is 0.348. The van der Waals surface area contributed by atoms with E-state index in [0.717, 1.165) is 48.6 Å². The summed E-state index contributed by atoms with van der Waals surface area (Å²) in [4.78, 5) is 14.8. The van der Waals surface area contributed by atoms with Gasteiger partial charge in [-0.05, 0) is 36.6 Å². The maximum atomic E-state index is 13.1. The molecule has 0 saturated heterocycles. The Hall–Kier alpha value is -2.35. The average Bonchev–Trinajstić information content (AvgIpc) is 3.11. The number of aromatic amines is 1. The first kappa shape index (κ1) is 21.9. The number of ether oxygens (including phenoxy) is 1. The molecule has 0 bridgehead atoms. The van der Waals surface area contributed by atoms with Crippen LogP contribution < -0.4 is 4.72 Å². The number of para-hydroxylation sites is 1. The van der Waals surface area contributed by atoms with E-state index in [0.29, 0.717) is 11.3 Å². The highest BCUT2D eigenvalue weighted by atomic mass is 35.5. The zero-order chi connectivity index (χ0) is 22.0. The number of aromatic nitrogens is 1. The van der Waals surface area contributed by atoms with Gasteiger partial charge in [0.2, 0.25) is 10.0 Å². The summed E-state index contributed by atoms with van der Waals surface area (Å²) in [5.41, 5.74) is 3.02. The second-order valence-electron chi connectivity index (χ2n) is 7.91. The van der Waals surface area contributed by atoms with E-state index in [2.05, 4.69) is 9.71 Å². The van der Waals surface area contributed by atoms with Gasteiger partial charge in [-0.1, -0.05) is 55.1 Å². The molecule has 164 valence electrons. The number of benzene rings is 2. The molecule has 0 aliphatic heterocycles. The van der Waals surface area contributed by atoms with Gasteiger partial charge in [-0.15, -0.1) is 0 Å². The Bertz CT molecular complexity index is 1210. The maximum Gasteiger partial charge on any atom is 0.302 e. The number of H-pyrrole nitrogens is 1. The number of fused-ring (bicyclic) bond motifs is 1. The van der Waals surface area contributed by atoms with Crippen LogP contribution >= 0.6 is 11.6 Å². The topological polar surface area (TPSA) is 88.3 Å². The molecule has 6 nitrogen and oxygen atoms in total. The molecule has 2 N–H and O–H groups in total. The van der Waals surface area contributed by atoms with E-state index in [1.165, 1.54) is 6.92 Å². The van der Waals surface area contributed by atoms with Gasteiger partial charge in [0.25, 0.3) is 0 Å². The number of rotatable bonds is 6. The first-order chi connectivity index (χ1) is 14.8. The van der Waals surface area contributed by atoms with Crippen molar-refractivity contribution in [2.24, 2.45) is 0 Å². The van der Waals surface area contributed by atoms with Gasteiger partial charge in [0.05, 0.1) is 10.7 Å². The summed E-state index contributed by atoms with van der Waals surface area (Å²) in [5, 5.41) is 1.09. The van der Waals surface area contributed by atoms with Crippen LogP contribution in [0.3, 0.4) is 0 Å². The molecule has 1 aromatic heterocycles. The first-order valence-corrected chi connectivity index (χ1v) is 12.3. The van der Waals surface area contributed by atoms with Crippen molar-refractivity contribution in [3.8, 4) is 11.3 Å². The summed E-state index contributed by atoms with van der Waals surface area (Å²) in [7, 11) is -3.77. The number of carbonyl (C=O) groups is 1. The van der Waals surface area contributed by atoms with E-state index in [-0.39, 0.29) is 28.5 Å². The SMILES string of the molecule is CC(=O)OCc1c(-c2ccc(Cl)c(S(=O)(=O)NC3CCCCC3)c2)[nH]c2ccccc12. The second-order valence-corrected chi connectivity index (χ2v) is 10.00. The van der Waals surface area contributed by atoms with Crippen LogP contribution in [-0.2, 0) is 26.2 Å². The molecule has 0 atom stereocenters. The maximum absolute atomic E-state index is 13.1. The molecule has 8 heteroatoms. The zero-order valence-electron chi connectivity index (χ0n) is 17.3. The Balaban J connectivity index is 1.75. The Morgan fingerprint density at radius 1 is 1.16 bits per heavy atom. The third-order valence-electron chi connectivity index (χ3n) is 5.67. The highest BCUT2D eigenvalue weighted by Gasteiger charge is 2.25. The predicted octanol–water partition coefficient (Wildman–Crippen LogP) is 5.16. The van der Waals surface area contributed by atoms with Crippen molar-refractivity contribution in [2.45, 2.75) is 56.6 Å². The van der Waals surface area contributed by atoms with E-state index in [1.54, 1.807) is 18.2 Å². The highest BCUT2D eigenvalue weighted by molar-refractivity contribution is 7.89. The quantitative estimate of drug-likeness (QED) is 0.497. The van der Waals surface area contributed by atoms with Crippen LogP contribution in [0.1, 0.15) is 44.6 Å². The summed E-state index contributed by atoms with van der Waals surface area (Å²) < 4.78 is 34.3. The molecule has 0 spiro atoms. The van der Waals surface area contributed by atoms with Gasteiger partial charge in [-0.3, -0.25) is 4.79 Å². The van der Waals surface area contributed by atoms with Gasteiger partial charge in [-0.25, -0.2) is 13.1 Å².